The predicted octanol–water partition coefficient (Wildman–Crippen LogP) is 2.73. The van der Waals surface area contributed by atoms with E-state index in [0.717, 1.165) is 0 Å². The molecule has 2 N–H and O–H groups in total. The number of Topliss-reactive ketones (excluding diaryl/α,β-unsaturated/α-hetero) is 1. The molecule has 49 heavy (non-hydrogen) atoms. The standard InChI is InChI=1S/C35H39N3O10S/c1-23-19-25(34(41)37-14-17-47-16-13-36-31(40)20-24(2)39)21-26(22-46-3)33(23)48-35(42)32-27-9-4-6-11-29(27)38(15-8-18-49(43,44)45)30-12-7-5-10-28(30)32/h4-7,9-12,19,21H,8,13-18,20,22H2,1-3H3,(H2-,36,37,40,41,43,44,45). The number of nitrogens with one attached hydrogen (secondary N) is 2. The second-order valence-corrected chi connectivity index (χ2v) is 12.9. The number of aromatic nitrogens is 1. The van der Waals surface area contributed by atoms with E-state index in [4.69, 9.17) is 14.2 Å². The van der Waals surface area contributed by atoms with E-state index in [1.54, 1.807) is 43.3 Å². The van der Waals surface area contributed by atoms with Gasteiger partial charge in [0.15, 0.2) is 6.54 Å². The van der Waals surface area contributed by atoms with Crippen molar-refractivity contribution >= 4 is 55.5 Å². The van der Waals surface area contributed by atoms with Gasteiger partial charge in [-0.05, 0) is 43.7 Å². The van der Waals surface area contributed by atoms with E-state index in [9.17, 15) is 32.1 Å². The summed E-state index contributed by atoms with van der Waals surface area (Å²) in [5.41, 5.74) is 2.98. The molecular weight excluding hydrogens is 654 g/mol. The molecule has 0 aliphatic rings. The maximum atomic E-state index is 14.0. The Kier molecular flexibility index (Phi) is 12.9. The Balaban J connectivity index is 1.52. The monoisotopic (exact) mass is 693 g/mol. The van der Waals surface area contributed by atoms with Crippen molar-refractivity contribution in [3.63, 3.8) is 0 Å². The van der Waals surface area contributed by atoms with Gasteiger partial charge in [0.2, 0.25) is 16.9 Å². The number of methoxy groups -OCH3 is 1. The number of carbonyl (C=O) groups is 4. The van der Waals surface area contributed by atoms with Gasteiger partial charge in [-0.15, -0.1) is 0 Å². The van der Waals surface area contributed by atoms with Crippen LogP contribution >= 0.6 is 0 Å². The summed E-state index contributed by atoms with van der Waals surface area (Å²) in [5.74, 6) is -1.86. The molecule has 0 radical (unpaired) electrons. The number of ketones is 1. The lowest BCUT2D eigenvalue weighted by molar-refractivity contribution is -0.645. The third-order valence-corrected chi connectivity index (χ3v) is 8.32. The van der Waals surface area contributed by atoms with Gasteiger partial charge in [-0.3, -0.25) is 14.4 Å². The van der Waals surface area contributed by atoms with E-state index in [2.05, 4.69) is 10.6 Å². The Morgan fingerprint density at radius 1 is 0.898 bits per heavy atom. The third kappa shape index (κ3) is 10.1. The summed E-state index contributed by atoms with van der Waals surface area (Å²) >= 11 is 0. The zero-order chi connectivity index (χ0) is 35.6. The smallest absolute Gasteiger partial charge is 0.345 e. The Hall–Kier alpha value is -4.76. The summed E-state index contributed by atoms with van der Waals surface area (Å²) in [6, 6.07) is 17.6. The van der Waals surface area contributed by atoms with Crippen LogP contribution in [0.25, 0.3) is 21.8 Å². The molecule has 260 valence electrons. The van der Waals surface area contributed by atoms with Crippen molar-refractivity contribution < 1.29 is 50.9 Å². The van der Waals surface area contributed by atoms with E-state index in [-0.39, 0.29) is 75.6 Å². The lowest BCUT2D eigenvalue weighted by Crippen LogP contribution is -2.37. The number of fused-ring (bicyclic) bond motifs is 2. The van der Waals surface area contributed by atoms with Crippen LogP contribution in [0.3, 0.4) is 0 Å². The molecule has 0 fully saturated rings. The van der Waals surface area contributed by atoms with Gasteiger partial charge in [0, 0.05) is 55.6 Å². The molecular formula is C35H39N3O10S. The predicted molar refractivity (Wildman–Crippen MR) is 179 cm³/mol. The number of esters is 1. The number of rotatable bonds is 17. The molecule has 0 unspecified atom stereocenters. The highest BCUT2D eigenvalue weighted by molar-refractivity contribution is 7.85. The maximum Gasteiger partial charge on any atom is 0.345 e. The molecule has 0 aliphatic carbocycles. The van der Waals surface area contributed by atoms with Gasteiger partial charge in [-0.2, -0.15) is 4.57 Å². The average Bonchev–Trinajstić information content (AvgIpc) is 3.04. The van der Waals surface area contributed by atoms with E-state index < -0.39 is 21.8 Å². The van der Waals surface area contributed by atoms with Crippen LogP contribution in [-0.2, 0) is 42.3 Å². The minimum absolute atomic E-state index is 0.0575. The van der Waals surface area contributed by atoms with Crippen LogP contribution in [0.5, 0.6) is 5.75 Å². The van der Waals surface area contributed by atoms with Crippen LogP contribution in [-0.4, -0.2) is 75.7 Å². The molecule has 13 nitrogen and oxygen atoms in total. The maximum absolute atomic E-state index is 14.0. The second kappa shape index (κ2) is 17.1. The first-order valence-electron chi connectivity index (χ1n) is 15.6. The van der Waals surface area contributed by atoms with Crippen LogP contribution in [0.15, 0.2) is 60.7 Å². The van der Waals surface area contributed by atoms with E-state index in [1.165, 1.54) is 14.0 Å². The average molecular weight is 694 g/mol. The molecule has 4 rings (SSSR count). The van der Waals surface area contributed by atoms with E-state index in [1.807, 2.05) is 28.8 Å². The summed E-state index contributed by atoms with van der Waals surface area (Å²) in [5, 5.41) is 6.52. The molecule has 4 aromatic rings. The van der Waals surface area contributed by atoms with Crippen molar-refractivity contribution in [3.8, 4) is 5.75 Å². The molecule has 14 heteroatoms. The number of pyridine rings is 1. The van der Waals surface area contributed by atoms with Gasteiger partial charge in [-0.25, -0.2) is 13.2 Å². The number of amides is 2. The highest BCUT2D eigenvalue weighted by Crippen LogP contribution is 2.31. The quantitative estimate of drug-likeness (QED) is 0.0318. The van der Waals surface area contributed by atoms with E-state index >= 15 is 0 Å². The molecule has 0 saturated carbocycles. The number of hydrogen-bond donors (Lipinski definition) is 2. The fourth-order valence-electron chi connectivity index (χ4n) is 5.50. The first-order valence-corrected chi connectivity index (χ1v) is 17.2. The first kappa shape index (κ1) is 37.1. The lowest BCUT2D eigenvalue weighted by Gasteiger charge is -2.16. The molecule has 1 heterocycles. The SMILES string of the molecule is COCc1cc(C(=O)NCCOCCNC(=O)CC(C)=O)cc(C)c1OC(=O)c1c2ccccc2[n+](CCCS(=O)(=O)[O-])c2ccccc12. The summed E-state index contributed by atoms with van der Waals surface area (Å²) in [4.78, 5) is 49.5. The third-order valence-electron chi connectivity index (χ3n) is 7.53. The first-order chi connectivity index (χ1) is 23.4. The minimum atomic E-state index is -4.39. The molecule has 0 atom stereocenters. The number of benzene rings is 3. The second-order valence-electron chi connectivity index (χ2n) is 11.4. The van der Waals surface area contributed by atoms with Crippen molar-refractivity contribution in [1.29, 1.82) is 0 Å². The number of hydrogen-bond acceptors (Lipinski definition) is 10. The zero-order valence-corrected chi connectivity index (χ0v) is 28.4. The summed E-state index contributed by atoms with van der Waals surface area (Å²) in [7, 11) is -2.90. The minimum Gasteiger partial charge on any atom is -0.748 e. The van der Waals surface area contributed by atoms with Crippen molar-refractivity contribution in [3.05, 3.63) is 82.9 Å². The molecule has 0 aliphatic heterocycles. The van der Waals surface area contributed by atoms with Gasteiger partial charge in [-0.1, -0.05) is 24.3 Å². The number of ether oxygens (including phenoxy) is 3. The Bertz CT molecular complexity index is 1920. The number of carbonyl (C=O) groups excluding carboxylic acids is 4. The highest BCUT2D eigenvalue weighted by Gasteiger charge is 2.26. The van der Waals surface area contributed by atoms with Gasteiger partial charge in [0.05, 0.1) is 52.7 Å². The number of nitrogens with zero attached hydrogens (tertiary/aromatic N) is 1. The largest absolute Gasteiger partial charge is 0.748 e. The molecule has 0 saturated heterocycles. The normalized spacial score (nSPS) is 11.4. The molecule has 0 bridgehead atoms. The van der Waals surface area contributed by atoms with Crippen molar-refractivity contribution in [2.75, 3.05) is 39.2 Å². The zero-order valence-electron chi connectivity index (χ0n) is 27.6. The molecule has 3 aromatic carbocycles. The number of para-hydroxylation sites is 2. The van der Waals surface area contributed by atoms with Crippen LogP contribution < -0.4 is 19.9 Å². The van der Waals surface area contributed by atoms with E-state index in [0.29, 0.717) is 44.1 Å². The Morgan fingerprint density at radius 3 is 2.10 bits per heavy atom. The van der Waals surface area contributed by atoms with Crippen molar-refractivity contribution in [2.45, 2.75) is 39.8 Å². The Labute approximate surface area is 284 Å². The van der Waals surface area contributed by atoms with Crippen LogP contribution in [0, 0.1) is 6.92 Å². The van der Waals surface area contributed by atoms with Gasteiger partial charge in [0.1, 0.15) is 11.5 Å². The molecule has 1 aromatic heterocycles. The summed E-state index contributed by atoms with van der Waals surface area (Å²) < 4.78 is 52.6. The van der Waals surface area contributed by atoms with Gasteiger partial charge >= 0.3 is 5.97 Å². The van der Waals surface area contributed by atoms with Crippen LogP contribution in [0.2, 0.25) is 0 Å². The topological polar surface area (TPSA) is 181 Å². The fourth-order valence-corrected chi connectivity index (χ4v) is 5.98. The van der Waals surface area contributed by atoms with Crippen molar-refractivity contribution in [2.24, 2.45) is 0 Å². The van der Waals surface area contributed by atoms with Gasteiger partial charge < -0.3 is 29.4 Å². The fraction of sp³-hybridized carbons (Fsp3) is 0.343. The van der Waals surface area contributed by atoms with Crippen LogP contribution in [0.1, 0.15) is 51.6 Å². The van der Waals surface area contributed by atoms with Crippen LogP contribution in [0.4, 0.5) is 0 Å². The number of aryl methyl sites for hydroxylation is 2. The lowest BCUT2D eigenvalue weighted by atomic mass is 10.0. The summed E-state index contributed by atoms with van der Waals surface area (Å²) in [6.45, 7) is 4.22. The highest BCUT2D eigenvalue weighted by atomic mass is 32.2. The van der Waals surface area contributed by atoms with Crippen molar-refractivity contribution in [1.82, 2.24) is 10.6 Å². The van der Waals surface area contributed by atoms with Gasteiger partial charge in [0.25, 0.3) is 5.91 Å². The molecule has 2 amide bonds. The summed E-state index contributed by atoms with van der Waals surface area (Å²) in [6.07, 6.45) is -0.0787. The Morgan fingerprint density at radius 2 is 1.51 bits per heavy atom. The molecule has 0 spiro atoms.